The maximum atomic E-state index is 10.8. The summed E-state index contributed by atoms with van der Waals surface area (Å²) < 4.78 is 6.61. The van der Waals surface area contributed by atoms with E-state index in [1.807, 2.05) is 24.3 Å². The molecule has 0 spiro atoms. The van der Waals surface area contributed by atoms with Gasteiger partial charge < -0.3 is 9.84 Å². The van der Waals surface area contributed by atoms with Crippen molar-refractivity contribution < 1.29 is 14.6 Å². The molecule has 0 amide bonds. The van der Waals surface area contributed by atoms with Crippen LogP contribution in [0.1, 0.15) is 10.5 Å². The van der Waals surface area contributed by atoms with Gasteiger partial charge in [0.2, 0.25) is 0 Å². The third-order valence-electron chi connectivity index (χ3n) is 2.48. The first-order valence-electron chi connectivity index (χ1n) is 5.03. The van der Waals surface area contributed by atoms with Gasteiger partial charge in [0.15, 0.2) is 5.69 Å². The number of aromatic nitrogens is 2. The first-order chi connectivity index (χ1) is 8.11. The van der Waals surface area contributed by atoms with Crippen LogP contribution in [0.5, 0.6) is 5.75 Å². The number of nitrogens with zero attached hydrogens (tertiary/aromatic N) is 2. The molecule has 2 rings (SSSR count). The summed E-state index contributed by atoms with van der Waals surface area (Å²) in [5.41, 5.74) is 1.69. The zero-order valence-electron chi connectivity index (χ0n) is 9.54. The molecule has 2 aromatic rings. The Kier molecular flexibility index (Phi) is 2.82. The zero-order valence-corrected chi connectivity index (χ0v) is 9.54. The van der Waals surface area contributed by atoms with Gasteiger partial charge in [0.05, 0.1) is 12.8 Å². The van der Waals surface area contributed by atoms with E-state index in [1.54, 1.807) is 24.9 Å². The Morgan fingerprint density at radius 3 is 2.47 bits per heavy atom. The molecule has 0 radical (unpaired) electrons. The van der Waals surface area contributed by atoms with Gasteiger partial charge in [0.25, 0.3) is 0 Å². The first kappa shape index (κ1) is 11.2. The van der Waals surface area contributed by atoms with E-state index in [0.29, 0.717) is 0 Å². The van der Waals surface area contributed by atoms with Crippen LogP contribution in [0.3, 0.4) is 0 Å². The van der Waals surface area contributed by atoms with Gasteiger partial charge in [-0.05, 0) is 30.3 Å². The molecule has 1 heterocycles. The lowest BCUT2D eigenvalue weighted by Crippen LogP contribution is -1.99. The molecule has 0 aliphatic carbocycles. The second kappa shape index (κ2) is 4.29. The number of hydrogen-bond donors (Lipinski definition) is 1. The Morgan fingerprint density at radius 1 is 1.35 bits per heavy atom. The zero-order chi connectivity index (χ0) is 12.4. The van der Waals surface area contributed by atoms with E-state index in [2.05, 4.69) is 5.10 Å². The van der Waals surface area contributed by atoms with Gasteiger partial charge >= 0.3 is 5.97 Å². The fourth-order valence-electron chi connectivity index (χ4n) is 1.60. The van der Waals surface area contributed by atoms with Crippen LogP contribution < -0.4 is 4.74 Å². The Hall–Kier alpha value is -2.30. The summed E-state index contributed by atoms with van der Waals surface area (Å²) in [5, 5.41) is 12.8. The smallest absolute Gasteiger partial charge is 0.356 e. The molecule has 0 saturated heterocycles. The van der Waals surface area contributed by atoms with Crippen LogP contribution in [0, 0.1) is 0 Å². The van der Waals surface area contributed by atoms with Crippen molar-refractivity contribution >= 4 is 5.97 Å². The summed E-state index contributed by atoms with van der Waals surface area (Å²) in [5.74, 6) is -0.269. The number of methoxy groups -OCH3 is 1. The molecule has 0 unspecified atom stereocenters. The Bertz CT molecular complexity index is 543. The third kappa shape index (κ3) is 2.13. The minimum Gasteiger partial charge on any atom is -0.497 e. The topological polar surface area (TPSA) is 64.3 Å². The van der Waals surface area contributed by atoms with Crippen LogP contribution in [0.4, 0.5) is 0 Å². The van der Waals surface area contributed by atoms with Gasteiger partial charge in [-0.1, -0.05) is 0 Å². The molecule has 5 heteroatoms. The van der Waals surface area contributed by atoms with E-state index in [-0.39, 0.29) is 5.69 Å². The van der Waals surface area contributed by atoms with E-state index in [9.17, 15) is 4.79 Å². The predicted octanol–water partition coefficient (Wildman–Crippen LogP) is 1.79. The summed E-state index contributed by atoms with van der Waals surface area (Å²) >= 11 is 0. The average Bonchev–Trinajstić information content (AvgIpc) is 2.72. The number of carboxylic acids is 1. The summed E-state index contributed by atoms with van der Waals surface area (Å²) in [6, 6.07) is 8.92. The van der Waals surface area contributed by atoms with Crippen LogP contribution in [0.25, 0.3) is 11.3 Å². The van der Waals surface area contributed by atoms with Crippen molar-refractivity contribution in [1.29, 1.82) is 0 Å². The van der Waals surface area contributed by atoms with Crippen LogP contribution in [0.15, 0.2) is 30.3 Å². The maximum absolute atomic E-state index is 10.8. The molecule has 0 aliphatic rings. The summed E-state index contributed by atoms with van der Waals surface area (Å²) in [7, 11) is 3.31. The summed E-state index contributed by atoms with van der Waals surface area (Å²) in [4.78, 5) is 10.8. The second-order valence-electron chi connectivity index (χ2n) is 3.57. The number of carboxylic acid groups (broad SMARTS) is 1. The molecule has 88 valence electrons. The second-order valence-corrected chi connectivity index (χ2v) is 3.57. The Balaban J connectivity index is 2.41. The van der Waals surface area contributed by atoms with Gasteiger partial charge in [0, 0.05) is 12.6 Å². The summed E-state index contributed by atoms with van der Waals surface area (Å²) in [6.07, 6.45) is 0. The SMILES string of the molecule is COc1ccc(-c2cc(C(=O)O)nn2C)cc1. The van der Waals surface area contributed by atoms with Crippen molar-refractivity contribution in [3.05, 3.63) is 36.0 Å². The van der Waals surface area contributed by atoms with Crippen molar-refractivity contribution in [3.63, 3.8) is 0 Å². The molecule has 0 fully saturated rings. The minimum absolute atomic E-state index is 0.0401. The number of aromatic carboxylic acids is 1. The highest BCUT2D eigenvalue weighted by atomic mass is 16.5. The highest BCUT2D eigenvalue weighted by Gasteiger charge is 2.12. The maximum Gasteiger partial charge on any atom is 0.356 e. The fraction of sp³-hybridized carbons (Fsp3) is 0.167. The quantitative estimate of drug-likeness (QED) is 0.876. The Labute approximate surface area is 98.3 Å². The number of hydrogen-bond acceptors (Lipinski definition) is 3. The van der Waals surface area contributed by atoms with Gasteiger partial charge in [-0.2, -0.15) is 5.10 Å². The number of rotatable bonds is 3. The van der Waals surface area contributed by atoms with Gasteiger partial charge in [-0.15, -0.1) is 0 Å². The van der Waals surface area contributed by atoms with E-state index >= 15 is 0 Å². The Morgan fingerprint density at radius 2 is 2.00 bits per heavy atom. The van der Waals surface area contributed by atoms with Crippen LogP contribution >= 0.6 is 0 Å². The molecule has 1 N–H and O–H groups in total. The van der Waals surface area contributed by atoms with Crippen molar-refractivity contribution in [1.82, 2.24) is 9.78 Å². The van der Waals surface area contributed by atoms with Gasteiger partial charge in [-0.25, -0.2) is 4.79 Å². The van der Waals surface area contributed by atoms with Crippen molar-refractivity contribution in [2.24, 2.45) is 7.05 Å². The highest BCUT2D eigenvalue weighted by molar-refractivity contribution is 5.87. The van der Waals surface area contributed by atoms with Crippen molar-refractivity contribution in [3.8, 4) is 17.0 Å². The molecule has 5 nitrogen and oxygen atoms in total. The normalized spacial score (nSPS) is 10.2. The molecule has 1 aromatic heterocycles. The minimum atomic E-state index is -1.03. The predicted molar refractivity (Wildman–Crippen MR) is 62.2 cm³/mol. The molecule has 0 saturated carbocycles. The number of ether oxygens (including phenoxy) is 1. The summed E-state index contributed by atoms with van der Waals surface area (Å²) in [6.45, 7) is 0. The number of aryl methyl sites for hydroxylation is 1. The lowest BCUT2D eigenvalue weighted by atomic mass is 10.1. The first-order valence-corrected chi connectivity index (χ1v) is 5.03. The lowest BCUT2D eigenvalue weighted by Gasteiger charge is -2.03. The van der Waals surface area contributed by atoms with Crippen molar-refractivity contribution in [2.45, 2.75) is 0 Å². The van der Waals surface area contributed by atoms with Gasteiger partial charge in [0.1, 0.15) is 5.75 Å². The molecular weight excluding hydrogens is 220 g/mol. The average molecular weight is 232 g/mol. The van der Waals surface area contributed by atoms with E-state index in [4.69, 9.17) is 9.84 Å². The largest absolute Gasteiger partial charge is 0.497 e. The highest BCUT2D eigenvalue weighted by Crippen LogP contribution is 2.22. The monoisotopic (exact) mass is 232 g/mol. The molecule has 1 aromatic carbocycles. The molecule has 0 aliphatic heterocycles. The fourth-order valence-corrected chi connectivity index (χ4v) is 1.60. The third-order valence-corrected chi connectivity index (χ3v) is 2.48. The van der Waals surface area contributed by atoms with Crippen LogP contribution in [-0.4, -0.2) is 28.0 Å². The molecule has 17 heavy (non-hydrogen) atoms. The lowest BCUT2D eigenvalue weighted by molar-refractivity contribution is 0.0689. The number of benzene rings is 1. The van der Waals surface area contributed by atoms with Gasteiger partial charge in [-0.3, -0.25) is 4.68 Å². The standard InChI is InChI=1S/C12H12N2O3/c1-14-11(7-10(13-14)12(15)16)8-3-5-9(17-2)6-4-8/h3-7H,1-2H3,(H,15,16). The number of carbonyl (C=O) groups is 1. The van der Waals surface area contributed by atoms with E-state index in [0.717, 1.165) is 17.0 Å². The molecular formula is C12H12N2O3. The molecule has 0 atom stereocenters. The van der Waals surface area contributed by atoms with E-state index in [1.165, 1.54) is 0 Å². The van der Waals surface area contributed by atoms with Crippen molar-refractivity contribution in [2.75, 3.05) is 7.11 Å². The van der Waals surface area contributed by atoms with Crippen LogP contribution in [-0.2, 0) is 7.05 Å². The van der Waals surface area contributed by atoms with Crippen LogP contribution in [0.2, 0.25) is 0 Å². The van der Waals surface area contributed by atoms with E-state index < -0.39 is 5.97 Å². The molecule has 0 bridgehead atoms.